The van der Waals surface area contributed by atoms with E-state index in [4.69, 9.17) is 0 Å². The summed E-state index contributed by atoms with van der Waals surface area (Å²) < 4.78 is 0. The molecule has 0 aliphatic carbocycles. The lowest BCUT2D eigenvalue weighted by Crippen LogP contribution is -2.42. The Balaban J connectivity index is 1.53. The van der Waals surface area contributed by atoms with Crippen LogP contribution in [-0.2, 0) is 22.7 Å². The Kier molecular flexibility index (Phi) is 7.11. The molecule has 0 spiro atoms. The number of carbonyl (C=O) groups is 2. The second-order valence-electron chi connectivity index (χ2n) is 8.91. The highest BCUT2D eigenvalue weighted by atomic mass is 16.2. The van der Waals surface area contributed by atoms with E-state index >= 15 is 0 Å². The highest BCUT2D eigenvalue weighted by Crippen LogP contribution is 2.23. The number of nitrogens with one attached hydrogen (secondary N) is 1. The van der Waals surface area contributed by atoms with Crippen LogP contribution in [0.1, 0.15) is 51.2 Å². The maximum atomic E-state index is 12.6. The second-order valence-corrected chi connectivity index (χ2v) is 8.91. The van der Waals surface area contributed by atoms with Gasteiger partial charge in [0, 0.05) is 52.1 Å². The molecule has 0 saturated carbocycles. The van der Waals surface area contributed by atoms with Crippen LogP contribution in [0.15, 0.2) is 24.3 Å². The van der Waals surface area contributed by atoms with Crippen LogP contribution in [-0.4, -0.2) is 47.8 Å². The Labute approximate surface area is 169 Å². The molecule has 1 aromatic carbocycles. The number of benzene rings is 1. The van der Waals surface area contributed by atoms with Gasteiger partial charge in [-0.25, -0.2) is 0 Å². The summed E-state index contributed by atoms with van der Waals surface area (Å²) in [7, 11) is 0. The molecule has 5 nitrogen and oxygen atoms in total. The molecule has 0 bridgehead atoms. The first-order chi connectivity index (χ1) is 13.4. The van der Waals surface area contributed by atoms with Gasteiger partial charge in [-0.2, -0.15) is 0 Å². The fourth-order valence-corrected chi connectivity index (χ4v) is 4.83. The maximum Gasteiger partial charge on any atom is 0.223 e. The topological polar surface area (TPSA) is 52.7 Å². The zero-order valence-electron chi connectivity index (χ0n) is 17.6. The molecular weight excluding hydrogens is 350 g/mol. The fraction of sp³-hybridized carbons (Fsp3) is 0.652. The highest BCUT2D eigenvalue weighted by Gasteiger charge is 2.26. The molecule has 1 aromatic rings. The molecular formula is C23H35N3O2. The van der Waals surface area contributed by atoms with Gasteiger partial charge in [0.15, 0.2) is 0 Å². The minimum Gasteiger partial charge on any atom is -0.352 e. The molecule has 2 heterocycles. The molecule has 3 rings (SSSR count). The molecule has 2 saturated heterocycles. The Bertz CT molecular complexity index is 672. The van der Waals surface area contributed by atoms with Crippen molar-refractivity contribution in [1.29, 1.82) is 0 Å². The number of piperidine rings is 2. The van der Waals surface area contributed by atoms with Crippen LogP contribution in [0.25, 0.3) is 0 Å². The van der Waals surface area contributed by atoms with Gasteiger partial charge in [0.1, 0.15) is 0 Å². The van der Waals surface area contributed by atoms with E-state index < -0.39 is 0 Å². The number of rotatable bonds is 5. The Hall–Kier alpha value is -1.88. The number of likely N-dealkylation sites (tertiary alicyclic amines) is 2. The van der Waals surface area contributed by atoms with Crippen LogP contribution >= 0.6 is 0 Å². The van der Waals surface area contributed by atoms with Crippen LogP contribution in [0, 0.1) is 17.8 Å². The lowest BCUT2D eigenvalue weighted by atomic mass is 9.91. The molecule has 0 radical (unpaired) electrons. The molecule has 2 aliphatic rings. The van der Waals surface area contributed by atoms with Gasteiger partial charge < -0.3 is 10.2 Å². The standard InChI is InChI=1S/C23H35N3O2/c1-17-12-18(2)15-25(14-17)16-22-7-5-4-6-21(22)13-24-23(28)20-8-10-26(11-9-20)19(3)27/h4-7,17-18,20H,8-16H2,1-3H3,(H,24,28)/t17-,18+. The molecule has 154 valence electrons. The summed E-state index contributed by atoms with van der Waals surface area (Å²) in [5.74, 6) is 1.74. The molecule has 28 heavy (non-hydrogen) atoms. The number of amides is 2. The third-order valence-corrected chi connectivity index (χ3v) is 6.22. The van der Waals surface area contributed by atoms with Gasteiger partial charge in [-0.05, 0) is 42.2 Å². The van der Waals surface area contributed by atoms with Crippen molar-refractivity contribution in [2.75, 3.05) is 26.2 Å². The predicted octanol–water partition coefficient (Wildman–Crippen LogP) is 3.04. The van der Waals surface area contributed by atoms with E-state index in [2.05, 4.69) is 48.3 Å². The molecule has 5 heteroatoms. The maximum absolute atomic E-state index is 12.6. The minimum absolute atomic E-state index is 0.0200. The predicted molar refractivity (Wildman–Crippen MR) is 111 cm³/mol. The summed E-state index contributed by atoms with van der Waals surface area (Å²) in [6.07, 6.45) is 2.84. The van der Waals surface area contributed by atoms with E-state index in [9.17, 15) is 9.59 Å². The van der Waals surface area contributed by atoms with Gasteiger partial charge in [0.2, 0.25) is 11.8 Å². The van der Waals surface area contributed by atoms with E-state index in [-0.39, 0.29) is 17.7 Å². The third-order valence-electron chi connectivity index (χ3n) is 6.22. The molecule has 2 aliphatic heterocycles. The summed E-state index contributed by atoms with van der Waals surface area (Å²) in [6.45, 7) is 11.5. The molecule has 0 aromatic heterocycles. The largest absolute Gasteiger partial charge is 0.352 e. The minimum atomic E-state index is 0.0200. The van der Waals surface area contributed by atoms with Crippen LogP contribution in [0.2, 0.25) is 0 Å². The van der Waals surface area contributed by atoms with Gasteiger partial charge in [0.05, 0.1) is 0 Å². The number of carbonyl (C=O) groups excluding carboxylic acids is 2. The summed E-state index contributed by atoms with van der Waals surface area (Å²) >= 11 is 0. The van der Waals surface area contributed by atoms with E-state index in [1.54, 1.807) is 6.92 Å². The van der Waals surface area contributed by atoms with E-state index in [0.29, 0.717) is 19.6 Å². The number of hydrogen-bond acceptors (Lipinski definition) is 3. The first-order valence-electron chi connectivity index (χ1n) is 10.7. The number of hydrogen-bond donors (Lipinski definition) is 1. The second kappa shape index (κ2) is 9.55. The van der Waals surface area contributed by atoms with Gasteiger partial charge in [-0.15, -0.1) is 0 Å². The highest BCUT2D eigenvalue weighted by molar-refractivity contribution is 5.79. The SMILES string of the molecule is CC(=O)N1CCC(C(=O)NCc2ccccc2CN2C[C@H](C)C[C@H](C)C2)CC1. The first-order valence-corrected chi connectivity index (χ1v) is 10.7. The Morgan fingerprint density at radius 3 is 2.25 bits per heavy atom. The van der Waals surface area contributed by atoms with Crippen LogP contribution in [0.5, 0.6) is 0 Å². The van der Waals surface area contributed by atoms with Crippen molar-refractivity contribution in [2.24, 2.45) is 17.8 Å². The summed E-state index contributed by atoms with van der Waals surface area (Å²) in [6, 6.07) is 8.47. The van der Waals surface area contributed by atoms with Crippen LogP contribution in [0.3, 0.4) is 0 Å². The van der Waals surface area contributed by atoms with Crippen molar-refractivity contribution in [2.45, 2.75) is 53.1 Å². The molecule has 2 atom stereocenters. The van der Waals surface area contributed by atoms with Crippen molar-refractivity contribution >= 4 is 11.8 Å². The van der Waals surface area contributed by atoms with Gasteiger partial charge in [-0.1, -0.05) is 38.1 Å². The normalized spacial score (nSPS) is 24.2. The van der Waals surface area contributed by atoms with Crippen molar-refractivity contribution in [3.8, 4) is 0 Å². The van der Waals surface area contributed by atoms with Crippen molar-refractivity contribution < 1.29 is 9.59 Å². The smallest absolute Gasteiger partial charge is 0.223 e. The molecule has 2 amide bonds. The van der Waals surface area contributed by atoms with Crippen molar-refractivity contribution in [1.82, 2.24) is 15.1 Å². The lowest BCUT2D eigenvalue weighted by molar-refractivity contribution is -0.134. The van der Waals surface area contributed by atoms with Crippen LogP contribution in [0.4, 0.5) is 0 Å². The molecule has 1 N–H and O–H groups in total. The zero-order chi connectivity index (χ0) is 20.1. The van der Waals surface area contributed by atoms with E-state index in [1.165, 1.54) is 17.5 Å². The lowest BCUT2D eigenvalue weighted by Gasteiger charge is -2.35. The molecule has 2 fully saturated rings. The van der Waals surface area contributed by atoms with Crippen molar-refractivity contribution in [3.05, 3.63) is 35.4 Å². The third kappa shape index (κ3) is 5.57. The average molecular weight is 386 g/mol. The zero-order valence-corrected chi connectivity index (χ0v) is 17.6. The fourth-order valence-electron chi connectivity index (χ4n) is 4.83. The first kappa shape index (κ1) is 20.8. The average Bonchev–Trinajstić information content (AvgIpc) is 2.66. The molecule has 0 unspecified atom stereocenters. The Morgan fingerprint density at radius 1 is 1.04 bits per heavy atom. The van der Waals surface area contributed by atoms with Crippen LogP contribution < -0.4 is 5.32 Å². The summed E-state index contributed by atoms with van der Waals surface area (Å²) in [4.78, 5) is 28.4. The quantitative estimate of drug-likeness (QED) is 0.848. The Morgan fingerprint density at radius 2 is 1.64 bits per heavy atom. The van der Waals surface area contributed by atoms with E-state index in [0.717, 1.165) is 44.3 Å². The summed E-state index contributed by atoms with van der Waals surface area (Å²) in [5, 5.41) is 3.15. The number of nitrogens with zero attached hydrogens (tertiary/aromatic N) is 2. The van der Waals surface area contributed by atoms with Gasteiger partial charge in [0.25, 0.3) is 0 Å². The monoisotopic (exact) mass is 385 g/mol. The van der Waals surface area contributed by atoms with Gasteiger partial charge in [-0.3, -0.25) is 14.5 Å². The summed E-state index contributed by atoms with van der Waals surface area (Å²) in [5.41, 5.74) is 2.53. The van der Waals surface area contributed by atoms with Gasteiger partial charge >= 0.3 is 0 Å². The van der Waals surface area contributed by atoms with E-state index in [1.807, 2.05) is 4.90 Å². The van der Waals surface area contributed by atoms with Crippen molar-refractivity contribution in [3.63, 3.8) is 0 Å².